The molecule has 0 saturated carbocycles. The van der Waals surface area contributed by atoms with E-state index < -0.39 is 36.2 Å². The van der Waals surface area contributed by atoms with Crippen LogP contribution in [-0.4, -0.2) is 46.4 Å². The number of benzene rings is 2. The molecule has 2 amide bonds. The molecule has 0 saturated heterocycles. The number of nitrogens with two attached hydrogens (primary N) is 2. The molecule has 2 aromatic rings. The summed E-state index contributed by atoms with van der Waals surface area (Å²) >= 11 is 0. The largest absolute Gasteiger partial charge is 0.387 e. The van der Waals surface area contributed by atoms with Crippen molar-refractivity contribution < 1.29 is 29.3 Å². The van der Waals surface area contributed by atoms with Crippen molar-refractivity contribution in [2.45, 2.75) is 51.5 Å². The number of aliphatic hydroxyl groups is 2. The molecular formula is C22H28N2O6. The van der Waals surface area contributed by atoms with Gasteiger partial charge in [0.15, 0.2) is 12.2 Å². The molecule has 0 aromatic heterocycles. The number of aliphatic hydroxyl groups excluding tert-OH is 2. The average molecular weight is 416 g/mol. The van der Waals surface area contributed by atoms with Crippen LogP contribution in [0.25, 0.3) is 0 Å². The summed E-state index contributed by atoms with van der Waals surface area (Å²) < 4.78 is 10.9. The van der Waals surface area contributed by atoms with Gasteiger partial charge in [0.25, 0.3) is 0 Å². The van der Waals surface area contributed by atoms with Crippen LogP contribution in [0.3, 0.4) is 0 Å². The Hall–Kier alpha value is -2.78. The molecule has 8 nitrogen and oxygen atoms in total. The first kappa shape index (κ1) is 23.5. The lowest BCUT2D eigenvalue weighted by Gasteiger charge is -2.29. The molecule has 4 unspecified atom stereocenters. The van der Waals surface area contributed by atoms with Crippen LogP contribution in [0.1, 0.15) is 22.3 Å². The molecule has 0 radical (unpaired) electrons. The summed E-state index contributed by atoms with van der Waals surface area (Å²) in [5, 5.41) is 21.0. The highest BCUT2D eigenvalue weighted by atomic mass is 16.5. The molecule has 0 aliphatic rings. The summed E-state index contributed by atoms with van der Waals surface area (Å²) in [5.41, 5.74) is 14.1. The number of amides is 2. The molecule has 0 bridgehead atoms. The third-order valence-corrected chi connectivity index (χ3v) is 4.89. The number of rotatable bonds is 11. The standard InChI is InChI=1S/C22H28N2O6/c1-13-7-3-5-9-15(13)11-29-19(21(23)27)17(25)18(26)20(22(24)28)30-12-16-10-6-4-8-14(16)2/h3-10,17-20,25-26H,11-12H2,1-2H3,(H2,23,27)(H2,24,28). The second-order valence-corrected chi connectivity index (χ2v) is 7.10. The Labute approximate surface area is 175 Å². The molecule has 162 valence electrons. The van der Waals surface area contributed by atoms with Gasteiger partial charge >= 0.3 is 0 Å². The molecule has 8 heteroatoms. The van der Waals surface area contributed by atoms with Crippen LogP contribution in [0.4, 0.5) is 0 Å². The zero-order valence-electron chi connectivity index (χ0n) is 17.0. The van der Waals surface area contributed by atoms with Crippen molar-refractivity contribution in [2.75, 3.05) is 0 Å². The first-order chi connectivity index (χ1) is 14.2. The van der Waals surface area contributed by atoms with Crippen molar-refractivity contribution in [2.24, 2.45) is 11.5 Å². The number of carbonyl (C=O) groups is 2. The zero-order chi connectivity index (χ0) is 22.3. The third kappa shape index (κ3) is 6.11. The Morgan fingerprint density at radius 3 is 1.40 bits per heavy atom. The van der Waals surface area contributed by atoms with Gasteiger partial charge in [0.1, 0.15) is 12.2 Å². The molecule has 0 heterocycles. The van der Waals surface area contributed by atoms with Gasteiger partial charge in [0.05, 0.1) is 13.2 Å². The Bertz CT molecular complexity index is 801. The Morgan fingerprint density at radius 2 is 1.10 bits per heavy atom. The predicted molar refractivity (Wildman–Crippen MR) is 110 cm³/mol. The summed E-state index contributed by atoms with van der Waals surface area (Å²) in [6.45, 7) is 3.70. The van der Waals surface area contributed by atoms with Crippen LogP contribution in [0.2, 0.25) is 0 Å². The lowest BCUT2D eigenvalue weighted by molar-refractivity contribution is -0.167. The summed E-state index contributed by atoms with van der Waals surface area (Å²) in [6.07, 6.45) is -6.77. The van der Waals surface area contributed by atoms with Crippen molar-refractivity contribution >= 4 is 11.8 Å². The SMILES string of the molecule is Cc1ccccc1COC(C(N)=O)C(O)C(O)C(OCc1ccccc1C)C(N)=O. The van der Waals surface area contributed by atoms with Gasteiger partial charge in [-0.25, -0.2) is 0 Å². The highest BCUT2D eigenvalue weighted by molar-refractivity contribution is 5.81. The van der Waals surface area contributed by atoms with E-state index in [1.165, 1.54) is 0 Å². The molecule has 2 rings (SSSR count). The van der Waals surface area contributed by atoms with E-state index in [9.17, 15) is 19.8 Å². The van der Waals surface area contributed by atoms with Crippen molar-refractivity contribution in [3.05, 3.63) is 70.8 Å². The lowest BCUT2D eigenvalue weighted by Crippen LogP contribution is -2.54. The van der Waals surface area contributed by atoms with Crippen LogP contribution in [0, 0.1) is 13.8 Å². The number of hydrogen-bond acceptors (Lipinski definition) is 6. The maximum Gasteiger partial charge on any atom is 0.249 e. The van der Waals surface area contributed by atoms with E-state index in [-0.39, 0.29) is 13.2 Å². The maximum atomic E-state index is 11.8. The van der Waals surface area contributed by atoms with Gasteiger partial charge < -0.3 is 31.2 Å². The first-order valence-corrected chi connectivity index (χ1v) is 9.49. The van der Waals surface area contributed by atoms with Gasteiger partial charge in [-0.05, 0) is 36.1 Å². The summed E-state index contributed by atoms with van der Waals surface area (Å²) in [5.74, 6) is -1.98. The Morgan fingerprint density at radius 1 is 0.767 bits per heavy atom. The van der Waals surface area contributed by atoms with E-state index in [2.05, 4.69) is 0 Å². The Balaban J connectivity index is 2.09. The normalized spacial score (nSPS) is 15.2. The van der Waals surface area contributed by atoms with E-state index in [0.29, 0.717) is 0 Å². The summed E-state index contributed by atoms with van der Waals surface area (Å²) in [4.78, 5) is 23.7. The third-order valence-electron chi connectivity index (χ3n) is 4.89. The lowest BCUT2D eigenvalue weighted by atomic mass is 10.0. The molecule has 30 heavy (non-hydrogen) atoms. The van der Waals surface area contributed by atoms with Crippen LogP contribution < -0.4 is 11.5 Å². The fourth-order valence-corrected chi connectivity index (χ4v) is 2.96. The minimum absolute atomic E-state index is 0.0185. The minimum atomic E-state index is -1.82. The fourth-order valence-electron chi connectivity index (χ4n) is 2.96. The van der Waals surface area contributed by atoms with Gasteiger partial charge in [-0.2, -0.15) is 0 Å². The number of hydrogen-bond donors (Lipinski definition) is 4. The number of aryl methyl sites for hydroxylation is 2. The average Bonchev–Trinajstić information content (AvgIpc) is 2.70. The van der Waals surface area contributed by atoms with E-state index in [0.717, 1.165) is 22.3 Å². The van der Waals surface area contributed by atoms with Crippen LogP contribution in [0.15, 0.2) is 48.5 Å². The van der Waals surface area contributed by atoms with Crippen LogP contribution in [0.5, 0.6) is 0 Å². The van der Waals surface area contributed by atoms with Gasteiger partial charge in [-0.1, -0.05) is 48.5 Å². The van der Waals surface area contributed by atoms with E-state index in [4.69, 9.17) is 20.9 Å². The van der Waals surface area contributed by atoms with Crippen molar-refractivity contribution in [1.82, 2.24) is 0 Å². The fraction of sp³-hybridized carbons (Fsp3) is 0.364. The second kappa shape index (κ2) is 10.8. The molecule has 0 aliphatic carbocycles. The van der Waals surface area contributed by atoms with Crippen LogP contribution in [-0.2, 0) is 32.3 Å². The van der Waals surface area contributed by atoms with Gasteiger partial charge in [-0.3, -0.25) is 9.59 Å². The second-order valence-electron chi connectivity index (χ2n) is 7.10. The number of primary amides is 2. The zero-order valence-corrected chi connectivity index (χ0v) is 17.0. The molecular weight excluding hydrogens is 388 g/mol. The number of carbonyl (C=O) groups excluding carboxylic acids is 2. The molecule has 4 atom stereocenters. The van der Waals surface area contributed by atoms with Crippen molar-refractivity contribution in [3.63, 3.8) is 0 Å². The van der Waals surface area contributed by atoms with Crippen LogP contribution >= 0.6 is 0 Å². The van der Waals surface area contributed by atoms with Gasteiger partial charge in [-0.15, -0.1) is 0 Å². The van der Waals surface area contributed by atoms with Crippen molar-refractivity contribution in [1.29, 1.82) is 0 Å². The maximum absolute atomic E-state index is 11.8. The monoisotopic (exact) mass is 416 g/mol. The molecule has 2 aromatic carbocycles. The molecule has 0 aliphatic heterocycles. The quantitative estimate of drug-likeness (QED) is 0.419. The van der Waals surface area contributed by atoms with Gasteiger partial charge in [0.2, 0.25) is 11.8 Å². The smallest absolute Gasteiger partial charge is 0.249 e. The van der Waals surface area contributed by atoms with Gasteiger partial charge in [0, 0.05) is 0 Å². The molecule has 6 N–H and O–H groups in total. The topological polar surface area (TPSA) is 145 Å². The highest BCUT2D eigenvalue weighted by Crippen LogP contribution is 2.17. The molecule has 0 spiro atoms. The Kier molecular flexibility index (Phi) is 8.49. The minimum Gasteiger partial charge on any atom is -0.387 e. The predicted octanol–water partition coefficient (Wildman–Crippen LogP) is 0.466. The highest BCUT2D eigenvalue weighted by Gasteiger charge is 2.39. The first-order valence-electron chi connectivity index (χ1n) is 9.49. The van der Waals surface area contributed by atoms with E-state index in [1.807, 2.05) is 38.1 Å². The van der Waals surface area contributed by atoms with Crippen molar-refractivity contribution in [3.8, 4) is 0 Å². The molecule has 0 fully saturated rings. The summed E-state index contributed by atoms with van der Waals surface area (Å²) in [7, 11) is 0. The van der Waals surface area contributed by atoms with E-state index >= 15 is 0 Å². The summed E-state index contributed by atoms with van der Waals surface area (Å²) in [6, 6.07) is 14.6. The number of ether oxygens (including phenoxy) is 2. The van der Waals surface area contributed by atoms with E-state index in [1.54, 1.807) is 24.3 Å².